The Hall–Kier alpha value is -3.65. The van der Waals surface area contributed by atoms with Gasteiger partial charge in [-0.3, -0.25) is 0 Å². The van der Waals surface area contributed by atoms with Crippen LogP contribution < -0.4 is 4.57 Å². The van der Waals surface area contributed by atoms with E-state index in [1.165, 1.54) is 82.0 Å². The van der Waals surface area contributed by atoms with Crippen molar-refractivity contribution in [2.45, 2.75) is 95.4 Å². The number of fused-ring (bicyclic) bond motifs is 7. The molecule has 232 valence electrons. The zero-order chi connectivity index (χ0) is 32.4. The maximum Gasteiger partial charge on any atom is 0.224 e. The van der Waals surface area contributed by atoms with Gasteiger partial charge >= 0.3 is 0 Å². The quantitative estimate of drug-likeness (QED) is 0.109. The summed E-state index contributed by atoms with van der Waals surface area (Å²) in [7, 11) is 2.25. The number of aryl methyl sites for hydroxylation is 3. The highest BCUT2D eigenvalue weighted by molar-refractivity contribution is 6.30. The zero-order valence-corrected chi connectivity index (χ0v) is 29.7. The van der Waals surface area contributed by atoms with Crippen LogP contribution in [0.5, 0.6) is 0 Å². The summed E-state index contributed by atoms with van der Waals surface area (Å²) in [4.78, 5) is 0. The maximum absolute atomic E-state index is 2.66. The molecule has 2 heteroatoms. The summed E-state index contributed by atoms with van der Waals surface area (Å²) in [5.41, 5.74) is 13.3. The molecule has 0 bridgehead atoms. The van der Waals surface area contributed by atoms with Crippen LogP contribution >= 0.6 is 0 Å². The molecule has 3 aromatic heterocycles. The van der Waals surface area contributed by atoms with Crippen LogP contribution in [0.15, 0.2) is 54.7 Å². The Kier molecular flexibility index (Phi) is 6.46. The third-order valence-electron chi connectivity index (χ3n) is 9.89. The van der Waals surface area contributed by atoms with Gasteiger partial charge in [0.05, 0.1) is 27.3 Å². The average molecular weight is 596 g/mol. The Morgan fingerprint density at radius 3 is 1.89 bits per heavy atom. The molecule has 0 unspecified atom stereocenters. The van der Waals surface area contributed by atoms with Crippen molar-refractivity contribution in [1.29, 1.82) is 0 Å². The number of pyridine rings is 2. The minimum absolute atomic E-state index is 0.161. The van der Waals surface area contributed by atoms with Crippen molar-refractivity contribution in [2.75, 3.05) is 0 Å². The molecule has 0 aliphatic carbocycles. The average Bonchev–Trinajstić information content (AvgIpc) is 3.26. The highest BCUT2D eigenvalue weighted by Crippen LogP contribution is 2.48. The number of rotatable bonds is 3. The second-order valence-corrected chi connectivity index (χ2v) is 17.7. The molecular weight excluding hydrogens is 544 g/mol. The topological polar surface area (TPSA) is 8.29 Å². The molecule has 0 atom stereocenters. The number of benzene rings is 4. The largest absolute Gasteiger partial charge is 0.307 e. The highest BCUT2D eigenvalue weighted by atomic mass is 15.0. The van der Waals surface area contributed by atoms with E-state index in [1.807, 2.05) is 0 Å². The highest BCUT2D eigenvalue weighted by Gasteiger charge is 2.32. The first kappa shape index (κ1) is 30.0. The number of para-hydroxylation sites is 1. The fourth-order valence-corrected chi connectivity index (χ4v) is 8.37. The third-order valence-corrected chi connectivity index (χ3v) is 9.89. The molecule has 2 nitrogen and oxygen atoms in total. The van der Waals surface area contributed by atoms with Crippen molar-refractivity contribution in [1.82, 2.24) is 4.40 Å². The van der Waals surface area contributed by atoms with Crippen LogP contribution in [0.4, 0.5) is 0 Å². The summed E-state index contributed by atoms with van der Waals surface area (Å²) in [6.07, 6.45) is 5.50. The fraction of sp³-hybridized carbons (Fsp3) is 0.419. The third kappa shape index (κ3) is 4.70. The molecule has 0 saturated heterocycles. The molecular formula is C43H51N2+. The molecule has 0 spiro atoms. The molecule has 7 aromatic rings. The van der Waals surface area contributed by atoms with Crippen molar-refractivity contribution in [3.05, 3.63) is 82.5 Å². The summed E-state index contributed by atoms with van der Waals surface area (Å²) in [5, 5.41) is 9.84. The van der Waals surface area contributed by atoms with E-state index < -0.39 is 0 Å². The van der Waals surface area contributed by atoms with Crippen LogP contribution in [-0.4, -0.2) is 4.40 Å². The molecule has 0 saturated carbocycles. The molecule has 0 aliphatic heterocycles. The van der Waals surface area contributed by atoms with Gasteiger partial charge in [-0.25, -0.2) is 4.57 Å². The predicted molar refractivity (Wildman–Crippen MR) is 196 cm³/mol. The first-order valence-corrected chi connectivity index (χ1v) is 16.9. The molecule has 0 radical (unpaired) electrons. The maximum atomic E-state index is 2.66. The summed E-state index contributed by atoms with van der Waals surface area (Å²) in [6.45, 7) is 26.1. The van der Waals surface area contributed by atoms with Crippen molar-refractivity contribution in [3.8, 4) is 0 Å². The lowest BCUT2D eigenvalue weighted by Crippen LogP contribution is -2.29. The Balaban J connectivity index is 1.81. The van der Waals surface area contributed by atoms with E-state index in [1.54, 1.807) is 5.56 Å². The van der Waals surface area contributed by atoms with Crippen LogP contribution in [0.1, 0.15) is 90.1 Å². The second-order valence-electron chi connectivity index (χ2n) is 17.7. The lowest BCUT2D eigenvalue weighted by molar-refractivity contribution is -0.643. The minimum atomic E-state index is 0.161. The van der Waals surface area contributed by atoms with Crippen molar-refractivity contribution < 1.29 is 4.57 Å². The van der Waals surface area contributed by atoms with Gasteiger partial charge in [-0.2, -0.15) is 0 Å². The molecule has 4 aromatic carbocycles. The lowest BCUT2D eigenvalue weighted by atomic mass is 9.77. The Bertz CT molecular complexity index is 2310. The number of hydrogen-bond donors (Lipinski definition) is 0. The standard InChI is InChI=1S/C43H51N2/c1-25-31-21-27(22-41(3,4)5)17-18-28(31)26(2)38-35(25)39-37-29(19-20-44(39)12)32(23-42(6,7)8)33(24-43(9,10)11)36-30-15-13-14-16-34(30)45(38)40(36)37/h13-21H,22-24H2,1-12H3/q+1. The number of aromatic nitrogens is 2. The summed E-state index contributed by atoms with van der Waals surface area (Å²) < 4.78 is 5.07. The van der Waals surface area contributed by atoms with E-state index in [2.05, 4.69) is 147 Å². The normalized spacial score (nSPS) is 13.6. The van der Waals surface area contributed by atoms with Crippen LogP contribution in [0.25, 0.3) is 59.8 Å². The first-order chi connectivity index (χ1) is 21.0. The van der Waals surface area contributed by atoms with Crippen LogP contribution in [0.2, 0.25) is 0 Å². The van der Waals surface area contributed by atoms with Gasteiger partial charge in [-0.1, -0.05) is 98.7 Å². The summed E-state index contributed by atoms with van der Waals surface area (Å²) >= 11 is 0. The molecule has 7 rings (SSSR count). The van der Waals surface area contributed by atoms with E-state index >= 15 is 0 Å². The monoisotopic (exact) mass is 595 g/mol. The van der Waals surface area contributed by atoms with Crippen LogP contribution in [0.3, 0.4) is 0 Å². The van der Waals surface area contributed by atoms with Gasteiger partial charge in [0.25, 0.3) is 0 Å². The Morgan fingerprint density at radius 1 is 0.578 bits per heavy atom. The second kappa shape index (κ2) is 9.68. The van der Waals surface area contributed by atoms with E-state index in [-0.39, 0.29) is 16.2 Å². The predicted octanol–water partition coefficient (Wildman–Crippen LogP) is 11.4. The fourth-order valence-electron chi connectivity index (χ4n) is 8.37. The van der Waals surface area contributed by atoms with Crippen LogP contribution in [0, 0.1) is 30.1 Å². The SMILES string of the molecule is Cc1c2cc(CC(C)(C)C)ccc2c(C)c2c1c1c3c(cc[n+]1C)c(CC(C)(C)C)c(CC(C)(C)C)c1c4ccccc4n2c13. The molecule has 0 aliphatic rings. The molecule has 0 N–H and O–H groups in total. The van der Waals surface area contributed by atoms with Crippen molar-refractivity contribution in [3.63, 3.8) is 0 Å². The summed E-state index contributed by atoms with van der Waals surface area (Å²) in [6, 6.07) is 18.9. The van der Waals surface area contributed by atoms with Gasteiger partial charge in [-0.15, -0.1) is 0 Å². The van der Waals surface area contributed by atoms with Crippen molar-refractivity contribution >= 4 is 59.8 Å². The van der Waals surface area contributed by atoms with E-state index in [0.717, 1.165) is 19.3 Å². The lowest BCUT2D eigenvalue weighted by Gasteiger charge is -2.27. The summed E-state index contributed by atoms with van der Waals surface area (Å²) in [5.74, 6) is 0. The molecule has 3 heterocycles. The van der Waals surface area contributed by atoms with Gasteiger partial charge < -0.3 is 4.40 Å². The molecule has 0 fully saturated rings. The van der Waals surface area contributed by atoms with E-state index in [0.29, 0.717) is 0 Å². The van der Waals surface area contributed by atoms with Crippen molar-refractivity contribution in [2.24, 2.45) is 23.3 Å². The Labute approximate surface area is 269 Å². The van der Waals surface area contributed by atoms with E-state index in [9.17, 15) is 0 Å². The smallest absolute Gasteiger partial charge is 0.224 e. The zero-order valence-electron chi connectivity index (χ0n) is 29.7. The first-order valence-electron chi connectivity index (χ1n) is 16.9. The molecule has 45 heavy (non-hydrogen) atoms. The van der Waals surface area contributed by atoms with Crippen LogP contribution in [-0.2, 0) is 26.3 Å². The van der Waals surface area contributed by atoms with Gasteiger partial charge in [0, 0.05) is 16.8 Å². The minimum Gasteiger partial charge on any atom is -0.307 e. The van der Waals surface area contributed by atoms with E-state index in [4.69, 9.17) is 0 Å². The number of nitrogens with zero attached hydrogens (tertiary/aromatic N) is 2. The van der Waals surface area contributed by atoms with Gasteiger partial charge in [0.15, 0.2) is 6.20 Å². The van der Waals surface area contributed by atoms with Gasteiger partial charge in [-0.05, 0) is 99.4 Å². The van der Waals surface area contributed by atoms with Gasteiger partial charge in [0.1, 0.15) is 7.05 Å². The molecule has 0 amide bonds. The van der Waals surface area contributed by atoms with Gasteiger partial charge in [0.2, 0.25) is 5.52 Å². The Morgan fingerprint density at radius 2 is 1.22 bits per heavy atom. The number of hydrogen-bond acceptors (Lipinski definition) is 0.